The molecule has 126 valence electrons. The average Bonchev–Trinajstić information content (AvgIpc) is 2.98. The van der Waals surface area contributed by atoms with Crippen LogP contribution >= 0.6 is 0 Å². The minimum Gasteiger partial charge on any atom is -0.488 e. The summed E-state index contributed by atoms with van der Waals surface area (Å²) < 4.78 is 7.65. The van der Waals surface area contributed by atoms with Crippen molar-refractivity contribution < 1.29 is 9.53 Å². The largest absolute Gasteiger partial charge is 0.488 e. The Morgan fingerprint density at radius 3 is 2.92 bits per heavy atom. The van der Waals surface area contributed by atoms with Crippen LogP contribution in [-0.2, 0) is 17.9 Å². The van der Waals surface area contributed by atoms with Crippen molar-refractivity contribution in [2.45, 2.75) is 39.8 Å². The van der Waals surface area contributed by atoms with E-state index in [1.54, 1.807) is 0 Å². The number of rotatable bonds is 2. The topological polar surface area (TPSA) is 47.4 Å². The average molecular weight is 325 g/mol. The fourth-order valence-corrected chi connectivity index (χ4v) is 3.56. The van der Waals surface area contributed by atoms with Gasteiger partial charge in [0.25, 0.3) is 0 Å². The Kier molecular flexibility index (Phi) is 3.79. The minimum atomic E-state index is 0.161. The third-order valence-corrected chi connectivity index (χ3v) is 5.11. The lowest BCUT2D eigenvalue weighted by atomic mass is 9.99. The smallest absolute Gasteiger partial charge is 0.244 e. The molecule has 0 N–H and O–H groups in total. The van der Waals surface area contributed by atoms with Gasteiger partial charge in [-0.05, 0) is 37.8 Å². The maximum absolute atomic E-state index is 12.7. The standard InChI is InChI=1S/C19H23N3O2/c1-13-5-7-21(8-6-13)18(23)11-22-19-15(10-20-22)12-24-17-4-3-14(2)9-16(17)19/h3-4,9-10,13H,5-8,11-12H2,1-2H3. The van der Waals surface area contributed by atoms with E-state index in [9.17, 15) is 4.79 Å². The third-order valence-electron chi connectivity index (χ3n) is 5.11. The number of aryl methyl sites for hydroxylation is 1. The number of amides is 1. The van der Waals surface area contributed by atoms with Crippen LogP contribution in [0.25, 0.3) is 11.3 Å². The summed E-state index contributed by atoms with van der Waals surface area (Å²) >= 11 is 0. The molecule has 1 fully saturated rings. The Bertz CT molecular complexity index is 773. The van der Waals surface area contributed by atoms with E-state index in [-0.39, 0.29) is 5.91 Å². The number of carbonyl (C=O) groups is 1. The first-order valence-electron chi connectivity index (χ1n) is 8.68. The van der Waals surface area contributed by atoms with Crippen LogP contribution < -0.4 is 4.74 Å². The molecular formula is C19H23N3O2. The van der Waals surface area contributed by atoms with Crippen molar-refractivity contribution >= 4 is 5.91 Å². The molecule has 24 heavy (non-hydrogen) atoms. The molecule has 1 aromatic carbocycles. The van der Waals surface area contributed by atoms with Gasteiger partial charge in [0, 0.05) is 24.2 Å². The number of aromatic nitrogens is 2. The molecule has 2 aliphatic heterocycles. The van der Waals surface area contributed by atoms with Gasteiger partial charge in [-0.25, -0.2) is 0 Å². The zero-order chi connectivity index (χ0) is 16.7. The predicted molar refractivity (Wildman–Crippen MR) is 91.7 cm³/mol. The molecule has 5 nitrogen and oxygen atoms in total. The van der Waals surface area contributed by atoms with E-state index in [1.165, 1.54) is 5.56 Å². The molecule has 0 unspecified atom stereocenters. The summed E-state index contributed by atoms with van der Waals surface area (Å²) in [6.45, 7) is 6.86. The molecular weight excluding hydrogens is 302 g/mol. The van der Waals surface area contributed by atoms with Gasteiger partial charge in [0.15, 0.2) is 0 Å². The molecule has 5 heteroatoms. The second kappa shape index (κ2) is 5.96. The van der Waals surface area contributed by atoms with Crippen molar-refractivity contribution in [2.24, 2.45) is 5.92 Å². The van der Waals surface area contributed by atoms with E-state index >= 15 is 0 Å². The molecule has 1 saturated heterocycles. The normalized spacial score (nSPS) is 17.2. The van der Waals surface area contributed by atoms with E-state index in [0.29, 0.717) is 13.2 Å². The molecule has 1 aromatic heterocycles. The molecule has 0 spiro atoms. The predicted octanol–water partition coefficient (Wildman–Crippen LogP) is 3.01. The van der Waals surface area contributed by atoms with Gasteiger partial charge in [-0.1, -0.05) is 18.6 Å². The van der Waals surface area contributed by atoms with Crippen LogP contribution in [0.15, 0.2) is 24.4 Å². The second-order valence-electron chi connectivity index (χ2n) is 7.03. The van der Waals surface area contributed by atoms with E-state index in [4.69, 9.17) is 4.74 Å². The quantitative estimate of drug-likeness (QED) is 0.853. The molecule has 0 radical (unpaired) electrons. The number of benzene rings is 1. The number of hydrogen-bond acceptors (Lipinski definition) is 3. The van der Waals surface area contributed by atoms with E-state index < -0.39 is 0 Å². The Hall–Kier alpha value is -2.30. The number of piperidine rings is 1. The van der Waals surface area contributed by atoms with Crippen LogP contribution in [0.5, 0.6) is 5.75 Å². The Morgan fingerprint density at radius 2 is 2.12 bits per heavy atom. The zero-order valence-corrected chi connectivity index (χ0v) is 14.3. The lowest BCUT2D eigenvalue weighted by Crippen LogP contribution is -2.40. The molecule has 0 atom stereocenters. The Morgan fingerprint density at radius 1 is 1.33 bits per heavy atom. The molecule has 2 aromatic rings. The number of ether oxygens (including phenoxy) is 1. The van der Waals surface area contributed by atoms with E-state index in [0.717, 1.165) is 54.4 Å². The van der Waals surface area contributed by atoms with Gasteiger partial charge >= 0.3 is 0 Å². The molecule has 0 aliphatic carbocycles. The van der Waals surface area contributed by atoms with Crippen LogP contribution in [0.4, 0.5) is 0 Å². The van der Waals surface area contributed by atoms with Gasteiger partial charge < -0.3 is 9.64 Å². The van der Waals surface area contributed by atoms with Crippen molar-refractivity contribution in [1.29, 1.82) is 0 Å². The molecule has 1 amide bonds. The van der Waals surface area contributed by atoms with Gasteiger partial charge in [0.2, 0.25) is 5.91 Å². The molecule has 0 bridgehead atoms. The fraction of sp³-hybridized carbons (Fsp3) is 0.474. The first kappa shape index (κ1) is 15.2. The van der Waals surface area contributed by atoms with Crippen molar-refractivity contribution in [2.75, 3.05) is 13.1 Å². The Balaban J connectivity index is 1.60. The molecule has 4 rings (SSSR count). The van der Waals surface area contributed by atoms with Gasteiger partial charge in [-0.3, -0.25) is 9.48 Å². The van der Waals surface area contributed by atoms with Crippen molar-refractivity contribution in [3.05, 3.63) is 35.5 Å². The first-order chi connectivity index (χ1) is 11.6. The summed E-state index contributed by atoms with van der Waals surface area (Å²) in [5.74, 6) is 1.75. The summed E-state index contributed by atoms with van der Waals surface area (Å²) in [5.41, 5.74) is 4.29. The highest BCUT2D eigenvalue weighted by Crippen LogP contribution is 2.38. The summed E-state index contributed by atoms with van der Waals surface area (Å²) in [6.07, 6.45) is 4.02. The SMILES string of the molecule is Cc1ccc2c(c1)-c1c(cnn1CC(=O)N1CCC(C)CC1)CO2. The second-order valence-corrected chi connectivity index (χ2v) is 7.03. The molecule has 2 aliphatic rings. The van der Waals surface area contributed by atoms with Gasteiger partial charge in [0.05, 0.1) is 11.9 Å². The highest BCUT2D eigenvalue weighted by Gasteiger charge is 2.25. The number of nitrogens with zero attached hydrogens (tertiary/aromatic N) is 3. The highest BCUT2D eigenvalue weighted by atomic mass is 16.5. The monoisotopic (exact) mass is 325 g/mol. The van der Waals surface area contributed by atoms with Crippen LogP contribution in [0, 0.1) is 12.8 Å². The van der Waals surface area contributed by atoms with Crippen LogP contribution in [-0.4, -0.2) is 33.7 Å². The highest BCUT2D eigenvalue weighted by molar-refractivity contribution is 5.78. The number of likely N-dealkylation sites (tertiary alicyclic amines) is 1. The summed E-state index contributed by atoms with van der Waals surface area (Å²) in [6, 6.07) is 6.15. The zero-order valence-electron chi connectivity index (χ0n) is 14.3. The lowest BCUT2D eigenvalue weighted by Gasteiger charge is -2.30. The summed E-state index contributed by atoms with van der Waals surface area (Å²) in [7, 11) is 0. The maximum atomic E-state index is 12.7. The van der Waals surface area contributed by atoms with E-state index in [2.05, 4.69) is 25.0 Å². The number of fused-ring (bicyclic) bond motifs is 3. The maximum Gasteiger partial charge on any atom is 0.244 e. The summed E-state index contributed by atoms with van der Waals surface area (Å²) in [5, 5.41) is 4.47. The van der Waals surface area contributed by atoms with Crippen molar-refractivity contribution in [3.63, 3.8) is 0 Å². The van der Waals surface area contributed by atoms with Crippen molar-refractivity contribution in [1.82, 2.24) is 14.7 Å². The van der Waals surface area contributed by atoms with Gasteiger partial charge in [-0.15, -0.1) is 0 Å². The van der Waals surface area contributed by atoms with Gasteiger partial charge in [-0.2, -0.15) is 5.10 Å². The fourth-order valence-electron chi connectivity index (χ4n) is 3.56. The van der Waals surface area contributed by atoms with Crippen LogP contribution in [0.3, 0.4) is 0 Å². The third kappa shape index (κ3) is 2.68. The summed E-state index contributed by atoms with van der Waals surface area (Å²) in [4.78, 5) is 14.6. The van der Waals surface area contributed by atoms with Crippen molar-refractivity contribution in [3.8, 4) is 17.0 Å². The molecule has 3 heterocycles. The van der Waals surface area contributed by atoms with E-state index in [1.807, 2.05) is 27.9 Å². The Labute approximate surface area is 142 Å². The van der Waals surface area contributed by atoms with Gasteiger partial charge in [0.1, 0.15) is 18.9 Å². The number of carbonyl (C=O) groups excluding carboxylic acids is 1. The minimum absolute atomic E-state index is 0.161. The van der Waals surface area contributed by atoms with Crippen LogP contribution in [0.1, 0.15) is 30.9 Å². The number of hydrogen-bond donors (Lipinski definition) is 0. The lowest BCUT2D eigenvalue weighted by molar-refractivity contribution is -0.133. The molecule has 0 saturated carbocycles. The first-order valence-corrected chi connectivity index (χ1v) is 8.68. The van der Waals surface area contributed by atoms with Crippen LogP contribution in [0.2, 0.25) is 0 Å².